The molecule has 22 heavy (non-hydrogen) atoms. The van der Waals surface area contributed by atoms with Gasteiger partial charge in [-0.25, -0.2) is 0 Å². The third kappa shape index (κ3) is 3.55. The minimum Gasteiger partial charge on any atom is -0.366 e. The molecule has 3 rings (SSSR count). The van der Waals surface area contributed by atoms with E-state index < -0.39 is 0 Å². The van der Waals surface area contributed by atoms with E-state index in [1.54, 1.807) is 0 Å². The summed E-state index contributed by atoms with van der Waals surface area (Å²) in [5.41, 5.74) is 5.99. The van der Waals surface area contributed by atoms with Gasteiger partial charge in [0.2, 0.25) is 0 Å². The molecule has 0 radical (unpaired) electrons. The zero-order valence-electron chi connectivity index (χ0n) is 14.6. The van der Waals surface area contributed by atoms with E-state index >= 15 is 0 Å². The number of ether oxygens (including phenoxy) is 2. The smallest absolute Gasteiger partial charge is 0.0977 e. The third-order valence-electron chi connectivity index (χ3n) is 5.57. The quantitative estimate of drug-likeness (QED) is 0.458. The summed E-state index contributed by atoms with van der Waals surface area (Å²) < 4.78 is 12.0. The summed E-state index contributed by atoms with van der Waals surface area (Å²) >= 11 is 0. The largest absolute Gasteiger partial charge is 0.366 e. The van der Waals surface area contributed by atoms with Gasteiger partial charge in [0.15, 0.2) is 0 Å². The van der Waals surface area contributed by atoms with Crippen LogP contribution < -0.4 is 0 Å². The van der Waals surface area contributed by atoms with Crippen molar-refractivity contribution in [2.45, 2.75) is 84.0 Å². The van der Waals surface area contributed by atoms with Crippen molar-refractivity contribution in [3.05, 3.63) is 34.4 Å². The second-order valence-electron chi connectivity index (χ2n) is 7.60. The average molecular weight is 302 g/mol. The van der Waals surface area contributed by atoms with Crippen molar-refractivity contribution in [1.82, 2.24) is 0 Å². The zero-order chi connectivity index (χ0) is 15.7. The number of epoxide rings is 1. The van der Waals surface area contributed by atoms with Crippen LogP contribution in [0, 0.1) is 0 Å². The Hall–Kier alpha value is -0.860. The first-order chi connectivity index (χ1) is 10.5. The molecule has 3 aliphatic rings. The van der Waals surface area contributed by atoms with Gasteiger partial charge in [-0.3, -0.25) is 0 Å². The van der Waals surface area contributed by atoms with Gasteiger partial charge in [-0.05, 0) is 77.4 Å². The lowest BCUT2D eigenvalue weighted by Crippen LogP contribution is -2.14. The highest BCUT2D eigenvalue weighted by Gasteiger charge is 2.51. The molecule has 0 N–H and O–H groups in total. The summed E-state index contributed by atoms with van der Waals surface area (Å²) in [6.45, 7) is 9.80. The highest BCUT2D eigenvalue weighted by molar-refractivity contribution is 5.28. The van der Waals surface area contributed by atoms with Crippen LogP contribution in [0.5, 0.6) is 0 Å². The van der Waals surface area contributed by atoms with E-state index in [-0.39, 0.29) is 11.7 Å². The highest BCUT2D eigenvalue weighted by Crippen LogP contribution is 2.45. The molecular formula is C20H30O2. The molecule has 0 bridgehead atoms. The van der Waals surface area contributed by atoms with Crippen LogP contribution in [-0.2, 0) is 9.47 Å². The Kier molecular flexibility index (Phi) is 4.61. The fourth-order valence-corrected chi connectivity index (χ4v) is 3.76. The number of hydrogen-bond donors (Lipinski definition) is 0. The molecule has 1 saturated heterocycles. The first-order valence-electron chi connectivity index (χ1n) is 8.79. The van der Waals surface area contributed by atoms with Crippen molar-refractivity contribution in [2.75, 3.05) is 6.61 Å². The lowest BCUT2D eigenvalue weighted by atomic mass is 9.91. The van der Waals surface area contributed by atoms with Gasteiger partial charge in [0.25, 0.3) is 0 Å². The van der Waals surface area contributed by atoms with Crippen LogP contribution in [0.1, 0.15) is 66.2 Å². The van der Waals surface area contributed by atoms with Gasteiger partial charge in [-0.2, -0.15) is 0 Å². The minimum atomic E-state index is 0.101. The summed E-state index contributed by atoms with van der Waals surface area (Å²) in [7, 11) is 0. The van der Waals surface area contributed by atoms with Crippen molar-refractivity contribution < 1.29 is 9.47 Å². The standard InChI is InChI=1S/C20H30O2/c1-14-6-5-7-15(2)12-18-17(16(3)13-21-18)10-11-20(4)19(22-20)9-8-14/h6,12,18-19H,5,7-11,13H2,1-4H3/b14-6+,15-12+/t18-,19-,20+/m1/s1. The number of hydrogen-bond acceptors (Lipinski definition) is 2. The molecule has 0 aromatic carbocycles. The molecule has 2 heteroatoms. The van der Waals surface area contributed by atoms with E-state index in [2.05, 4.69) is 39.8 Å². The second-order valence-corrected chi connectivity index (χ2v) is 7.60. The van der Waals surface area contributed by atoms with E-state index in [0.717, 1.165) is 32.3 Å². The summed E-state index contributed by atoms with van der Waals surface area (Å²) in [5, 5.41) is 0. The van der Waals surface area contributed by atoms with Gasteiger partial charge >= 0.3 is 0 Å². The topological polar surface area (TPSA) is 21.8 Å². The predicted octanol–water partition coefficient (Wildman–Crippen LogP) is 5.11. The van der Waals surface area contributed by atoms with Crippen LogP contribution in [-0.4, -0.2) is 24.4 Å². The SMILES string of the molecule is CC1=C2CC[C@]3(C)O[C@@H]3CC/C(C)=C/CC/C(C)=C/[C@H]2OC1. The normalized spacial score (nSPS) is 41.6. The molecule has 2 aliphatic heterocycles. The molecule has 1 fully saturated rings. The zero-order valence-corrected chi connectivity index (χ0v) is 14.6. The first-order valence-corrected chi connectivity index (χ1v) is 8.79. The summed E-state index contributed by atoms with van der Waals surface area (Å²) in [6.07, 6.45) is 12.3. The Bertz CT molecular complexity index is 526. The first kappa shape index (κ1) is 16.0. The van der Waals surface area contributed by atoms with E-state index in [0.29, 0.717) is 6.10 Å². The molecule has 3 atom stereocenters. The molecule has 0 aromatic heterocycles. The van der Waals surface area contributed by atoms with E-state index in [9.17, 15) is 0 Å². The molecule has 0 saturated carbocycles. The number of fused-ring (bicyclic) bond motifs is 2. The molecule has 0 aromatic rings. The fraction of sp³-hybridized carbons (Fsp3) is 0.700. The minimum absolute atomic E-state index is 0.101. The van der Waals surface area contributed by atoms with Gasteiger partial charge in [0, 0.05) is 0 Å². The van der Waals surface area contributed by atoms with Gasteiger partial charge in [0.1, 0.15) is 0 Å². The summed E-state index contributed by atoms with van der Waals surface area (Å²) in [6, 6.07) is 0. The predicted molar refractivity (Wildman–Crippen MR) is 90.9 cm³/mol. The maximum atomic E-state index is 6.03. The highest BCUT2D eigenvalue weighted by atomic mass is 16.6. The van der Waals surface area contributed by atoms with Gasteiger partial charge < -0.3 is 9.47 Å². The van der Waals surface area contributed by atoms with Gasteiger partial charge in [-0.1, -0.05) is 23.3 Å². The number of rotatable bonds is 0. The maximum absolute atomic E-state index is 6.03. The lowest BCUT2D eigenvalue weighted by molar-refractivity contribution is 0.150. The van der Waals surface area contributed by atoms with Crippen LogP contribution in [0.3, 0.4) is 0 Å². The van der Waals surface area contributed by atoms with Crippen molar-refractivity contribution in [3.8, 4) is 0 Å². The van der Waals surface area contributed by atoms with Gasteiger partial charge in [-0.15, -0.1) is 0 Å². The van der Waals surface area contributed by atoms with Crippen LogP contribution in [0.25, 0.3) is 0 Å². The molecular weight excluding hydrogens is 272 g/mol. The van der Waals surface area contributed by atoms with Crippen LogP contribution >= 0.6 is 0 Å². The van der Waals surface area contributed by atoms with E-state index in [1.807, 2.05) is 0 Å². The molecule has 0 spiro atoms. The monoisotopic (exact) mass is 302 g/mol. The van der Waals surface area contributed by atoms with Crippen molar-refractivity contribution in [2.24, 2.45) is 0 Å². The molecule has 1 aliphatic carbocycles. The van der Waals surface area contributed by atoms with Crippen molar-refractivity contribution in [1.29, 1.82) is 0 Å². The Morgan fingerprint density at radius 3 is 2.73 bits per heavy atom. The van der Waals surface area contributed by atoms with Crippen LogP contribution in [0.15, 0.2) is 34.4 Å². The number of allylic oxidation sites excluding steroid dienone is 3. The summed E-state index contributed by atoms with van der Waals surface area (Å²) in [5.74, 6) is 0. The molecule has 2 heterocycles. The Morgan fingerprint density at radius 2 is 1.91 bits per heavy atom. The van der Waals surface area contributed by atoms with E-state index in [1.165, 1.54) is 35.1 Å². The van der Waals surface area contributed by atoms with Crippen molar-refractivity contribution in [3.63, 3.8) is 0 Å². The van der Waals surface area contributed by atoms with Gasteiger partial charge in [0.05, 0.1) is 24.4 Å². The van der Waals surface area contributed by atoms with Crippen LogP contribution in [0.2, 0.25) is 0 Å². The lowest BCUT2D eigenvalue weighted by Gasteiger charge is -2.15. The fourth-order valence-electron chi connectivity index (χ4n) is 3.76. The molecule has 2 nitrogen and oxygen atoms in total. The molecule has 0 unspecified atom stereocenters. The third-order valence-corrected chi connectivity index (χ3v) is 5.57. The maximum Gasteiger partial charge on any atom is 0.0977 e. The Labute approximate surface area is 135 Å². The Balaban J connectivity index is 1.78. The van der Waals surface area contributed by atoms with E-state index in [4.69, 9.17) is 9.47 Å². The average Bonchev–Trinajstić information content (AvgIpc) is 2.99. The second kappa shape index (κ2) is 6.33. The molecule has 122 valence electrons. The Morgan fingerprint density at radius 1 is 1.09 bits per heavy atom. The van der Waals surface area contributed by atoms with Crippen LogP contribution in [0.4, 0.5) is 0 Å². The molecule has 0 amide bonds. The summed E-state index contributed by atoms with van der Waals surface area (Å²) in [4.78, 5) is 0. The van der Waals surface area contributed by atoms with Crippen molar-refractivity contribution >= 4 is 0 Å².